The Bertz CT molecular complexity index is 1190. The van der Waals surface area contributed by atoms with Crippen molar-refractivity contribution in [2.24, 2.45) is 9.98 Å². The zero-order valence-corrected chi connectivity index (χ0v) is 18.5. The summed E-state index contributed by atoms with van der Waals surface area (Å²) >= 11 is 13.0. The van der Waals surface area contributed by atoms with E-state index in [1.807, 2.05) is 48.8 Å². The van der Waals surface area contributed by atoms with Crippen molar-refractivity contribution < 1.29 is 0 Å². The molecule has 0 unspecified atom stereocenters. The number of hydrogen-bond acceptors (Lipinski definition) is 2. The van der Waals surface area contributed by atoms with Crippen LogP contribution in [0.15, 0.2) is 70.6 Å². The number of rotatable bonds is 5. The summed E-state index contributed by atoms with van der Waals surface area (Å²) in [5, 5.41) is 6.12. The molecule has 0 aliphatic heterocycles. The van der Waals surface area contributed by atoms with Gasteiger partial charge in [-0.2, -0.15) is 0 Å². The number of fused-ring (bicyclic) bond motifs is 2. The minimum Gasteiger partial charge on any atom is -0.291 e. The number of halogens is 2. The molecule has 0 aromatic heterocycles. The minimum atomic E-state index is 0.587. The molecule has 2 nitrogen and oxygen atoms in total. The molecule has 0 spiro atoms. The van der Waals surface area contributed by atoms with Crippen molar-refractivity contribution in [2.45, 2.75) is 13.8 Å². The number of hydrogen-bond donors (Lipinski definition) is 0. The molecule has 0 fully saturated rings. The smallest absolute Gasteiger partial charge is 0.0585 e. The predicted molar refractivity (Wildman–Crippen MR) is 132 cm³/mol. The Morgan fingerprint density at radius 3 is 1.50 bits per heavy atom. The molecule has 0 bridgehead atoms. The van der Waals surface area contributed by atoms with Gasteiger partial charge in [-0.3, -0.25) is 9.98 Å². The van der Waals surface area contributed by atoms with Crippen LogP contribution in [-0.2, 0) is 0 Å². The summed E-state index contributed by atoms with van der Waals surface area (Å²) in [5.41, 5.74) is 4.22. The zero-order chi connectivity index (χ0) is 21.1. The molecule has 4 rings (SSSR count). The third kappa shape index (κ3) is 4.12. The Hall–Kier alpha value is -2.68. The highest BCUT2D eigenvalue weighted by atomic mass is 35.5. The molecule has 0 atom stereocenters. The van der Waals surface area contributed by atoms with Crippen molar-refractivity contribution in [3.05, 3.63) is 93.0 Å². The quantitative estimate of drug-likeness (QED) is 0.231. The van der Waals surface area contributed by atoms with Crippen LogP contribution < -0.4 is 0 Å². The Labute approximate surface area is 186 Å². The third-order valence-electron chi connectivity index (χ3n) is 5.42. The molecular formula is C26H22Cl2N2. The van der Waals surface area contributed by atoms with Crippen molar-refractivity contribution in [2.75, 3.05) is 13.1 Å². The lowest BCUT2D eigenvalue weighted by molar-refractivity contribution is 0.984. The summed E-state index contributed by atoms with van der Waals surface area (Å²) in [7, 11) is 0. The number of aliphatic imine (C=N–C) groups is 2. The lowest BCUT2D eigenvalue weighted by Crippen LogP contribution is -1.96. The topological polar surface area (TPSA) is 24.7 Å². The van der Waals surface area contributed by atoms with Crippen LogP contribution in [-0.4, -0.2) is 25.5 Å². The molecule has 150 valence electrons. The molecule has 0 aliphatic carbocycles. The highest BCUT2D eigenvalue weighted by Crippen LogP contribution is 2.28. The molecule has 4 aromatic carbocycles. The van der Waals surface area contributed by atoms with Gasteiger partial charge in [-0.15, -0.1) is 0 Å². The van der Waals surface area contributed by atoms with E-state index >= 15 is 0 Å². The van der Waals surface area contributed by atoms with Gasteiger partial charge in [0.1, 0.15) is 0 Å². The Morgan fingerprint density at radius 2 is 1.07 bits per heavy atom. The fourth-order valence-corrected chi connectivity index (χ4v) is 4.37. The third-order valence-corrected chi connectivity index (χ3v) is 6.04. The lowest BCUT2D eigenvalue weighted by Gasteiger charge is -2.08. The van der Waals surface area contributed by atoms with Gasteiger partial charge in [0.15, 0.2) is 0 Å². The van der Waals surface area contributed by atoms with E-state index in [-0.39, 0.29) is 0 Å². The van der Waals surface area contributed by atoms with Crippen LogP contribution in [0.1, 0.15) is 22.3 Å². The largest absolute Gasteiger partial charge is 0.291 e. The van der Waals surface area contributed by atoms with Crippen molar-refractivity contribution in [1.29, 1.82) is 0 Å². The Balaban J connectivity index is 1.47. The van der Waals surface area contributed by atoms with E-state index in [4.69, 9.17) is 23.2 Å². The molecular weight excluding hydrogens is 411 g/mol. The van der Waals surface area contributed by atoms with Crippen LogP contribution in [0.3, 0.4) is 0 Å². The summed E-state index contributed by atoms with van der Waals surface area (Å²) < 4.78 is 0. The lowest BCUT2D eigenvalue weighted by atomic mass is 10.0. The van der Waals surface area contributed by atoms with Gasteiger partial charge in [-0.25, -0.2) is 0 Å². The highest BCUT2D eigenvalue weighted by Gasteiger charge is 2.08. The van der Waals surface area contributed by atoms with Crippen LogP contribution in [0, 0.1) is 13.8 Å². The van der Waals surface area contributed by atoms with E-state index in [9.17, 15) is 0 Å². The maximum Gasteiger partial charge on any atom is 0.0585 e. The van der Waals surface area contributed by atoms with E-state index in [1.165, 1.54) is 10.8 Å². The molecule has 30 heavy (non-hydrogen) atoms. The molecule has 0 saturated carbocycles. The van der Waals surface area contributed by atoms with Crippen LogP contribution in [0.25, 0.3) is 21.5 Å². The van der Waals surface area contributed by atoms with Gasteiger partial charge in [0.25, 0.3) is 0 Å². The molecule has 4 aromatic rings. The van der Waals surface area contributed by atoms with E-state index < -0.39 is 0 Å². The van der Waals surface area contributed by atoms with Gasteiger partial charge < -0.3 is 0 Å². The summed E-state index contributed by atoms with van der Waals surface area (Å²) in [6.45, 7) is 5.34. The second-order valence-corrected chi connectivity index (χ2v) is 8.12. The van der Waals surface area contributed by atoms with Crippen LogP contribution in [0.2, 0.25) is 10.0 Å². The number of benzene rings is 4. The van der Waals surface area contributed by atoms with Crippen molar-refractivity contribution in [1.82, 2.24) is 0 Å². The van der Waals surface area contributed by atoms with E-state index in [0.29, 0.717) is 13.1 Å². The first-order valence-electron chi connectivity index (χ1n) is 9.91. The maximum atomic E-state index is 6.48. The maximum absolute atomic E-state index is 6.48. The van der Waals surface area contributed by atoms with Crippen molar-refractivity contribution in [3.8, 4) is 0 Å². The van der Waals surface area contributed by atoms with Crippen LogP contribution in [0.4, 0.5) is 0 Å². The summed E-state index contributed by atoms with van der Waals surface area (Å²) in [6.07, 6.45) is 3.71. The van der Waals surface area contributed by atoms with Gasteiger partial charge in [0.05, 0.1) is 23.1 Å². The van der Waals surface area contributed by atoms with E-state index in [1.54, 1.807) is 0 Å². The van der Waals surface area contributed by atoms with Crippen molar-refractivity contribution in [3.63, 3.8) is 0 Å². The number of aryl methyl sites for hydroxylation is 2. The molecule has 4 heteroatoms. The summed E-state index contributed by atoms with van der Waals surface area (Å²) in [5.74, 6) is 0. The average Bonchev–Trinajstić information content (AvgIpc) is 2.74. The normalized spacial score (nSPS) is 12.0. The molecule has 0 radical (unpaired) electrons. The molecule has 0 heterocycles. The average molecular weight is 433 g/mol. The SMILES string of the molecule is Cc1c(C=NCCN=Cc2c(Cl)cc3ccccc3c2C)c(Cl)cc2ccccc12. The predicted octanol–water partition coefficient (Wildman–Crippen LogP) is 7.45. The van der Waals surface area contributed by atoms with Crippen molar-refractivity contribution >= 4 is 57.2 Å². The fraction of sp³-hybridized carbons (Fsp3) is 0.154. The van der Waals surface area contributed by atoms with Crippen LogP contribution >= 0.6 is 23.2 Å². The minimum absolute atomic E-state index is 0.587. The molecule has 0 saturated heterocycles. The zero-order valence-electron chi connectivity index (χ0n) is 17.0. The Kier molecular flexibility index (Phi) is 6.17. The van der Waals surface area contributed by atoms with Crippen LogP contribution in [0.5, 0.6) is 0 Å². The second kappa shape index (κ2) is 8.99. The first-order valence-corrected chi connectivity index (χ1v) is 10.7. The summed E-state index contributed by atoms with van der Waals surface area (Å²) in [6, 6.07) is 20.5. The van der Waals surface area contributed by atoms with E-state index in [0.717, 1.165) is 43.1 Å². The first-order chi connectivity index (χ1) is 14.6. The van der Waals surface area contributed by atoms with Gasteiger partial charge in [-0.1, -0.05) is 71.7 Å². The van der Waals surface area contributed by atoms with E-state index in [2.05, 4.69) is 48.1 Å². The van der Waals surface area contributed by atoms with Gasteiger partial charge >= 0.3 is 0 Å². The van der Waals surface area contributed by atoms with Gasteiger partial charge in [0.2, 0.25) is 0 Å². The Morgan fingerprint density at radius 1 is 0.667 bits per heavy atom. The second-order valence-electron chi connectivity index (χ2n) is 7.31. The molecule has 0 N–H and O–H groups in total. The molecule has 0 amide bonds. The van der Waals surface area contributed by atoms with Gasteiger partial charge in [-0.05, 0) is 58.7 Å². The van der Waals surface area contributed by atoms with Gasteiger partial charge in [0, 0.05) is 23.6 Å². The monoisotopic (exact) mass is 432 g/mol. The fourth-order valence-electron chi connectivity index (χ4n) is 3.75. The summed E-state index contributed by atoms with van der Waals surface area (Å²) in [4.78, 5) is 9.08. The highest BCUT2D eigenvalue weighted by molar-refractivity contribution is 6.34. The first kappa shape index (κ1) is 20.6. The number of nitrogens with zero attached hydrogens (tertiary/aromatic N) is 2. The molecule has 0 aliphatic rings. The standard InChI is InChI=1S/C26H22Cl2N2/c1-17-21-9-5-3-7-19(21)13-25(27)23(17)15-29-11-12-30-16-24-18(2)22-10-6-4-8-20(22)14-26(24)28/h3-10,13-16H,11-12H2,1-2H3.